The minimum atomic E-state index is -0.988. The Balaban J connectivity index is 1.55. The molecule has 1 aliphatic heterocycles. The van der Waals surface area contributed by atoms with Crippen molar-refractivity contribution in [1.29, 1.82) is 0 Å². The molecule has 0 saturated heterocycles. The number of ketones is 1. The van der Waals surface area contributed by atoms with Crippen LogP contribution in [0.1, 0.15) is 33.2 Å². The Kier molecular flexibility index (Phi) is 4.63. The maximum atomic E-state index is 12.6. The van der Waals surface area contributed by atoms with Gasteiger partial charge < -0.3 is 19.2 Å². The van der Waals surface area contributed by atoms with Crippen LogP contribution in [0.15, 0.2) is 36.5 Å². The number of Topliss-reactive ketones (excluding diaryl/α,β-unsaturated/α-hetero) is 1. The Morgan fingerprint density at radius 2 is 1.97 bits per heavy atom. The lowest BCUT2D eigenvalue weighted by Gasteiger charge is -2.06. The second-order valence-electron chi connectivity index (χ2n) is 6.37. The summed E-state index contributed by atoms with van der Waals surface area (Å²) in [7, 11) is 0. The zero-order valence-electron chi connectivity index (χ0n) is 15.4. The molecule has 29 heavy (non-hydrogen) atoms. The number of ether oxygens (including phenoxy) is 3. The van der Waals surface area contributed by atoms with Gasteiger partial charge in [-0.25, -0.2) is 4.79 Å². The van der Waals surface area contributed by atoms with E-state index in [1.807, 2.05) is 25.1 Å². The largest absolute Gasteiger partial charge is 0.454 e. The molecule has 0 spiro atoms. The molecule has 2 heterocycles. The SMILES string of the molecule is CCc1cccc2c(C(=O)COC(=O)c3cc4c(cc3[N+](=O)[O-])OCO4)c[nH]c12. The van der Waals surface area contributed by atoms with Gasteiger partial charge in [-0.05, 0) is 12.0 Å². The quantitative estimate of drug-likeness (QED) is 0.293. The number of nitro groups is 1. The number of H-pyrrole nitrogens is 1. The summed E-state index contributed by atoms with van der Waals surface area (Å²) < 4.78 is 15.3. The maximum absolute atomic E-state index is 12.6. The summed E-state index contributed by atoms with van der Waals surface area (Å²) in [6.07, 6.45) is 2.37. The molecule has 1 aromatic heterocycles. The molecule has 148 valence electrons. The van der Waals surface area contributed by atoms with Gasteiger partial charge in [-0.15, -0.1) is 0 Å². The first-order chi connectivity index (χ1) is 14.0. The number of rotatable bonds is 6. The Morgan fingerprint density at radius 1 is 1.21 bits per heavy atom. The standard InChI is InChI=1S/C20H16N2O7/c1-2-11-4-3-5-12-14(8-21-19(11)12)16(23)9-27-20(24)13-6-17-18(29-10-28-17)7-15(13)22(25)26/h3-8,21H,2,9-10H2,1H3. The number of aromatic amines is 1. The van der Waals surface area contributed by atoms with Crippen LogP contribution in [0, 0.1) is 10.1 Å². The van der Waals surface area contributed by atoms with Crippen LogP contribution in [0.2, 0.25) is 0 Å². The van der Waals surface area contributed by atoms with Crippen molar-refractivity contribution in [2.75, 3.05) is 13.4 Å². The molecule has 1 aliphatic rings. The van der Waals surface area contributed by atoms with E-state index in [0.717, 1.165) is 29.0 Å². The molecule has 0 amide bonds. The van der Waals surface area contributed by atoms with Crippen LogP contribution < -0.4 is 9.47 Å². The Bertz CT molecular complexity index is 1150. The normalized spacial score (nSPS) is 12.2. The fourth-order valence-corrected chi connectivity index (χ4v) is 3.27. The number of nitrogens with zero attached hydrogens (tertiary/aromatic N) is 1. The molecule has 2 aromatic carbocycles. The first kappa shape index (κ1) is 18.5. The van der Waals surface area contributed by atoms with Crippen molar-refractivity contribution in [3.8, 4) is 11.5 Å². The molecule has 0 saturated carbocycles. The lowest BCUT2D eigenvalue weighted by molar-refractivity contribution is -0.385. The molecule has 4 rings (SSSR count). The number of hydrogen-bond donors (Lipinski definition) is 1. The minimum Gasteiger partial charge on any atom is -0.454 e. The predicted molar refractivity (Wildman–Crippen MR) is 102 cm³/mol. The average Bonchev–Trinajstić information content (AvgIpc) is 3.36. The van der Waals surface area contributed by atoms with E-state index in [1.54, 1.807) is 6.20 Å². The second kappa shape index (κ2) is 7.27. The van der Waals surface area contributed by atoms with Crippen LogP contribution in [0.3, 0.4) is 0 Å². The summed E-state index contributed by atoms with van der Waals surface area (Å²) in [5, 5.41) is 12.0. The van der Waals surface area contributed by atoms with Crippen molar-refractivity contribution in [1.82, 2.24) is 4.98 Å². The van der Waals surface area contributed by atoms with Gasteiger partial charge in [0, 0.05) is 28.7 Å². The summed E-state index contributed by atoms with van der Waals surface area (Å²) in [6.45, 7) is 1.37. The smallest absolute Gasteiger partial charge is 0.345 e. The van der Waals surface area contributed by atoms with Crippen molar-refractivity contribution in [3.63, 3.8) is 0 Å². The molecule has 0 radical (unpaired) electrons. The summed E-state index contributed by atoms with van der Waals surface area (Å²) in [4.78, 5) is 38.7. The Labute approximate surface area is 164 Å². The first-order valence-corrected chi connectivity index (χ1v) is 8.87. The van der Waals surface area contributed by atoms with E-state index in [4.69, 9.17) is 14.2 Å². The summed E-state index contributed by atoms with van der Waals surface area (Å²) in [5.41, 5.74) is 1.53. The summed E-state index contributed by atoms with van der Waals surface area (Å²) in [6, 6.07) is 7.92. The van der Waals surface area contributed by atoms with Crippen LogP contribution in [-0.2, 0) is 11.2 Å². The van der Waals surface area contributed by atoms with Crippen molar-refractivity contribution >= 4 is 28.3 Å². The van der Waals surface area contributed by atoms with Gasteiger partial charge in [0.05, 0.1) is 11.0 Å². The van der Waals surface area contributed by atoms with Crippen LogP contribution in [0.4, 0.5) is 5.69 Å². The monoisotopic (exact) mass is 396 g/mol. The molecule has 0 fully saturated rings. The second-order valence-corrected chi connectivity index (χ2v) is 6.37. The molecule has 0 aliphatic carbocycles. The maximum Gasteiger partial charge on any atom is 0.345 e. The van der Waals surface area contributed by atoms with Crippen LogP contribution in [0.5, 0.6) is 11.5 Å². The first-order valence-electron chi connectivity index (χ1n) is 8.87. The number of nitro benzene ring substituents is 1. The number of benzene rings is 2. The zero-order chi connectivity index (χ0) is 20.5. The highest BCUT2D eigenvalue weighted by Gasteiger charge is 2.28. The summed E-state index contributed by atoms with van der Waals surface area (Å²) >= 11 is 0. The molecule has 9 nitrogen and oxygen atoms in total. The number of nitrogens with one attached hydrogen (secondary N) is 1. The number of para-hydroxylation sites is 1. The summed E-state index contributed by atoms with van der Waals surface area (Å²) in [5.74, 6) is -1.02. The highest BCUT2D eigenvalue weighted by atomic mass is 16.7. The van der Waals surface area contributed by atoms with E-state index in [0.29, 0.717) is 5.56 Å². The zero-order valence-corrected chi connectivity index (χ0v) is 15.4. The van der Waals surface area contributed by atoms with E-state index in [2.05, 4.69) is 4.98 Å². The third-order valence-electron chi connectivity index (χ3n) is 4.72. The molecular weight excluding hydrogens is 380 g/mol. The van der Waals surface area contributed by atoms with E-state index >= 15 is 0 Å². The van der Waals surface area contributed by atoms with E-state index in [1.165, 1.54) is 6.07 Å². The highest BCUT2D eigenvalue weighted by molar-refractivity contribution is 6.09. The van der Waals surface area contributed by atoms with Crippen molar-refractivity contribution in [3.05, 3.63) is 63.3 Å². The van der Waals surface area contributed by atoms with Crippen LogP contribution in [0.25, 0.3) is 10.9 Å². The number of carbonyl (C=O) groups is 2. The molecule has 1 N–H and O–H groups in total. The molecule has 3 aromatic rings. The van der Waals surface area contributed by atoms with Gasteiger partial charge in [-0.2, -0.15) is 0 Å². The number of fused-ring (bicyclic) bond motifs is 2. The minimum absolute atomic E-state index is 0.0935. The molecular formula is C20H16N2O7. The number of aryl methyl sites for hydroxylation is 1. The van der Waals surface area contributed by atoms with Gasteiger partial charge in [0.2, 0.25) is 12.6 Å². The van der Waals surface area contributed by atoms with Gasteiger partial charge >= 0.3 is 5.97 Å². The Morgan fingerprint density at radius 3 is 2.69 bits per heavy atom. The Hall–Kier alpha value is -3.88. The van der Waals surface area contributed by atoms with Crippen LogP contribution in [-0.4, -0.2) is 35.1 Å². The molecule has 0 unspecified atom stereocenters. The van der Waals surface area contributed by atoms with Crippen molar-refractivity contribution < 1.29 is 28.7 Å². The fourth-order valence-electron chi connectivity index (χ4n) is 3.27. The van der Waals surface area contributed by atoms with Gasteiger partial charge in [0.1, 0.15) is 5.56 Å². The fraction of sp³-hybridized carbons (Fsp3) is 0.200. The molecule has 0 bridgehead atoms. The lowest BCUT2D eigenvalue weighted by Crippen LogP contribution is -2.15. The average molecular weight is 396 g/mol. The van der Waals surface area contributed by atoms with Crippen molar-refractivity contribution in [2.24, 2.45) is 0 Å². The van der Waals surface area contributed by atoms with Gasteiger partial charge in [-0.1, -0.05) is 25.1 Å². The molecule has 0 atom stereocenters. The molecule has 9 heteroatoms. The van der Waals surface area contributed by atoms with E-state index < -0.39 is 29.0 Å². The third-order valence-corrected chi connectivity index (χ3v) is 4.72. The number of esters is 1. The third kappa shape index (κ3) is 3.27. The van der Waals surface area contributed by atoms with Gasteiger partial charge in [0.25, 0.3) is 5.69 Å². The predicted octanol–water partition coefficient (Wildman–Crippen LogP) is 3.41. The number of aromatic nitrogens is 1. The van der Waals surface area contributed by atoms with E-state index in [-0.39, 0.29) is 23.9 Å². The van der Waals surface area contributed by atoms with Crippen molar-refractivity contribution in [2.45, 2.75) is 13.3 Å². The van der Waals surface area contributed by atoms with Gasteiger partial charge in [0.15, 0.2) is 18.1 Å². The lowest BCUT2D eigenvalue weighted by atomic mass is 10.1. The van der Waals surface area contributed by atoms with Crippen LogP contribution >= 0.6 is 0 Å². The van der Waals surface area contributed by atoms with Gasteiger partial charge in [-0.3, -0.25) is 14.9 Å². The topological polar surface area (TPSA) is 121 Å². The van der Waals surface area contributed by atoms with E-state index in [9.17, 15) is 19.7 Å². The number of carbonyl (C=O) groups excluding carboxylic acids is 2. The number of hydrogen-bond acceptors (Lipinski definition) is 7. The highest BCUT2D eigenvalue weighted by Crippen LogP contribution is 2.38.